The van der Waals surface area contributed by atoms with Crippen molar-refractivity contribution in [2.24, 2.45) is 16.6 Å². The average Bonchev–Trinajstić information content (AvgIpc) is 2.76. The number of nitrogens with one attached hydrogen (secondary N) is 1. The van der Waals surface area contributed by atoms with Crippen LogP contribution in [0.2, 0.25) is 5.02 Å². The Morgan fingerprint density at radius 3 is 2.77 bits per heavy atom. The molecule has 1 atom stereocenters. The number of piperidine rings is 1. The van der Waals surface area contributed by atoms with Gasteiger partial charge in [-0.15, -0.1) is 0 Å². The molecule has 1 aromatic carbocycles. The van der Waals surface area contributed by atoms with Crippen LogP contribution in [0.3, 0.4) is 0 Å². The van der Waals surface area contributed by atoms with Gasteiger partial charge in [0.2, 0.25) is 5.91 Å². The Balaban J connectivity index is 1.46. The minimum absolute atomic E-state index is 0.00959. The number of nitrogens with zero attached hydrogens (tertiary/aromatic N) is 4. The molecule has 0 saturated carbocycles. The second-order valence-electron chi connectivity index (χ2n) is 8.09. The molecular weight excluding hydrogens is 400 g/mol. The number of likely N-dealkylation sites (tertiary alicyclic amines) is 1. The highest BCUT2D eigenvalue weighted by Gasteiger charge is 2.23. The monoisotopic (exact) mass is 434 g/mol. The number of amides is 1. The predicted molar refractivity (Wildman–Crippen MR) is 124 cm³/mol. The first-order valence-corrected chi connectivity index (χ1v) is 11.5. The van der Waals surface area contributed by atoms with Gasteiger partial charge in [0.05, 0.1) is 5.92 Å². The molecule has 2 aliphatic heterocycles. The maximum atomic E-state index is 11.4. The molecule has 1 amide bonds. The Bertz CT molecular complexity index is 719. The molecule has 2 aliphatic rings. The Morgan fingerprint density at radius 1 is 1.27 bits per heavy atom. The molecule has 3 rings (SSSR count). The average molecular weight is 435 g/mol. The number of carbonyl (C=O) groups is 1. The lowest BCUT2D eigenvalue weighted by Crippen LogP contribution is -2.52. The van der Waals surface area contributed by atoms with E-state index in [1.807, 2.05) is 18.2 Å². The van der Waals surface area contributed by atoms with Crippen molar-refractivity contribution in [2.75, 3.05) is 63.8 Å². The molecule has 0 spiro atoms. The first-order chi connectivity index (χ1) is 14.6. The molecule has 2 saturated heterocycles. The van der Waals surface area contributed by atoms with Gasteiger partial charge in [-0.2, -0.15) is 0 Å². The van der Waals surface area contributed by atoms with Crippen molar-refractivity contribution in [1.29, 1.82) is 0 Å². The Hall–Kier alpha value is -1.99. The fourth-order valence-corrected chi connectivity index (χ4v) is 4.43. The molecule has 2 fully saturated rings. The number of hydrogen-bond acceptors (Lipinski definition) is 4. The second kappa shape index (κ2) is 11.4. The maximum absolute atomic E-state index is 11.4. The summed E-state index contributed by atoms with van der Waals surface area (Å²) in [5.41, 5.74) is 6.66. The summed E-state index contributed by atoms with van der Waals surface area (Å²) in [5.74, 6) is 0.844. The van der Waals surface area contributed by atoms with Crippen molar-refractivity contribution < 1.29 is 4.79 Å². The van der Waals surface area contributed by atoms with Gasteiger partial charge >= 0.3 is 0 Å². The van der Waals surface area contributed by atoms with E-state index in [9.17, 15) is 4.79 Å². The van der Waals surface area contributed by atoms with Crippen LogP contribution in [0.1, 0.15) is 26.2 Å². The van der Waals surface area contributed by atoms with Gasteiger partial charge in [-0.1, -0.05) is 17.7 Å². The van der Waals surface area contributed by atoms with Crippen molar-refractivity contribution in [3.8, 4) is 0 Å². The first kappa shape index (κ1) is 22.7. The van der Waals surface area contributed by atoms with Gasteiger partial charge in [-0.25, -0.2) is 0 Å². The van der Waals surface area contributed by atoms with E-state index in [-0.39, 0.29) is 11.8 Å². The number of anilines is 1. The quantitative estimate of drug-likeness (QED) is 0.390. The van der Waals surface area contributed by atoms with Gasteiger partial charge in [-0.3, -0.25) is 9.79 Å². The molecular formula is C22H35ClN6O. The molecule has 0 aliphatic carbocycles. The number of piperazine rings is 1. The van der Waals surface area contributed by atoms with Gasteiger partial charge in [0, 0.05) is 56.5 Å². The molecule has 166 valence electrons. The first-order valence-electron chi connectivity index (χ1n) is 11.1. The van der Waals surface area contributed by atoms with Crippen molar-refractivity contribution in [2.45, 2.75) is 26.2 Å². The van der Waals surface area contributed by atoms with Crippen molar-refractivity contribution in [3.63, 3.8) is 0 Å². The summed E-state index contributed by atoms with van der Waals surface area (Å²) < 4.78 is 0. The maximum Gasteiger partial charge on any atom is 0.221 e. The van der Waals surface area contributed by atoms with E-state index >= 15 is 0 Å². The number of primary amides is 1. The van der Waals surface area contributed by atoms with Crippen LogP contribution >= 0.6 is 11.6 Å². The zero-order valence-corrected chi connectivity index (χ0v) is 18.8. The lowest BCUT2D eigenvalue weighted by molar-refractivity contribution is -0.123. The van der Waals surface area contributed by atoms with E-state index < -0.39 is 0 Å². The third-order valence-corrected chi connectivity index (χ3v) is 6.12. The molecule has 3 N–H and O–H groups in total. The number of hydrogen-bond donors (Lipinski definition) is 2. The second-order valence-corrected chi connectivity index (χ2v) is 8.52. The highest BCUT2D eigenvalue weighted by atomic mass is 35.5. The van der Waals surface area contributed by atoms with Crippen molar-refractivity contribution in [1.82, 2.24) is 15.1 Å². The molecule has 0 bridgehead atoms. The molecule has 1 unspecified atom stereocenters. The van der Waals surface area contributed by atoms with Gasteiger partial charge in [0.1, 0.15) is 0 Å². The van der Waals surface area contributed by atoms with Gasteiger partial charge in [0.25, 0.3) is 0 Å². The van der Waals surface area contributed by atoms with E-state index in [1.54, 1.807) is 0 Å². The summed E-state index contributed by atoms with van der Waals surface area (Å²) in [6.07, 6.45) is 2.97. The summed E-state index contributed by atoms with van der Waals surface area (Å²) in [6, 6.07) is 8.06. The molecule has 30 heavy (non-hydrogen) atoms. The van der Waals surface area contributed by atoms with Crippen LogP contribution in [-0.2, 0) is 4.79 Å². The summed E-state index contributed by atoms with van der Waals surface area (Å²) in [5, 5.41) is 4.22. The zero-order chi connectivity index (χ0) is 21.3. The largest absolute Gasteiger partial charge is 0.369 e. The summed E-state index contributed by atoms with van der Waals surface area (Å²) in [7, 11) is 0. The number of carbonyl (C=O) groups excluding carboxylic acids is 1. The Morgan fingerprint density at radius 2 is 2.07 bits per heavy atom. The number of guanidine groups is 1. The van der Waals surface area contributed by atoms with Gasteiger partial charge in [0.15, 0.2) is 5.96 Å². The molecule has 0 aromatic heterocycles. The normalized spacial score (nSPS) is 21.0. The molecule has 2 heterocycles. The van der Waals surface area contributed by atoms with Gasteiger partial charge < -0.3 is 25.8 Å². The Labute approximate surface area is 185 Å². The van der Waals surface area contributed by atoms with Crippen LogP contribution in [0.4, 0.5) is 5.69 Å². The van der Waals surface area contributed by atoms with E-state index in [0.29, 0.717) is 0 Å². The molecule has 1 aromatic rings. The third kappa shape index (κ3) is 6.51. The topological polar surface area (TPSA) is 77.2 Å². The lowest BCUT2D eigenvalue weighted by atomic mass is 9.97. The van der Waals surface area contributed by atoms with Crippen molar-refractivity contribution >= 4 is 29.2 Å². The molecule has 8 heteroatoms. The molecule has 7 nitrogen and oxygen atoms in total. The molecule has 0 radical (unpaired) electrons. The number of rotatable bonds is 7. The summed E-state index contributed by atoms with van der Waals surface area (Å²) >= 11 is 6.14. The lowest BCUT2D eigenvalue weighted by Gasteiger charge is -2.37. The number of halogens is 1. The van der Waals surface area contributed by atoms with Crippen LogP contribution in [0.25, 0.3) is 0 Å². The predicted octanol–water partition coefficient (Wildman–Crippen LogP) is 2.01. The summed E-state index contributed by atoms with van der Waals surface area (Å²) in [6.45, 7) is 10.3. The number of nitrogens with two attached hydrogens (primary N) is 1. The van der Waals surface area contributed by atoms with Gasteiger partial charge in [-0.05, 0) is 57.5 Å². The third-order valence-electron chi connectivity index (χ3n) is 5.89. The van der Waals surface area contributed by atoms with E-state index in [4.69, 9.17) is 22.3 Å². The SMILES string of the molecule is CCNC(=NCCCN1CCCC(C(N)=O)C1)N1CCN(c2cccc(Cl)c2)CC1. The van der Waals surface area contributed by atoms with E-state index in [0.717, 1.165) is 89.1 Å². The van der Waals surface area contributed by atoms with Crippen LogP contribution in [0, 0.1) is 5.92 Å². The van der Waals surface area contributed by atoms with Crippen molar-refractivity contribution in [3.05, 3.63) is 29.3 Å². The van der Waals surface area contributed by atoms with Crippen LogP contribution in [-0.4, -0.2) is 80.6 Å². The minimum Gasteiger partial charge on any atom is -0.369 e. The van der Waals surface area contributed by atoms with Crippen LogP contribution in [0.5, 0.6) is 0 Å². The fourth-order valence-electron chi connectivity index (χ4n) is 4.25. The number of benzene rings is 1. The zero-order valence-electron chi connectivity index (χ0n) is 18.0. The summed E-state index contributed by atoms with van der Waals surface area (Å²) in [4.78, 5) is 23.4. The van der Waals surface area contributed by atoms with Crippen LogP contribution in [0.15, 0.2) is 29.3 Å². The van der Waals surface area contributed by atoms with E-state index in [2.05, 4.69) is 33.0 Å². The minimum atomic E-state index is -0.163. The van der Waals surface area contributed by atoms with E-state index in [1.165, 1.54) is 5.69 Å². The highest BCUT2D eigenvalue weighted by molar-refractivity contribution is 6.30. The smallest absolute Gasteiger partial charge is 0.221 e. The standard InChI is InChI=1S/C22H35ClN6O/c1-2-25-22(26-9-5-11-27-10-4-6-18(17-27)21(24)30)29-14-12-28(13-15-29)20-8-3-7-19(23)16-20/h3,7-8,16,18H,2,4-6,9-15,17H2,1H3,(H2,24,30)(H,25,26). The van der Waals surface area contributed by atoms with Crippen LogP contribution < -0.4 is 16.0 Å². The highest BCUT2D eigenvalue weighted by Crippen LogP contribution is 2.21. The fraction of sp³-hybridized carbons (Fsp3) is 0.636. The Kier molecular flexibility index (Phi) is 8.63. The number of aliphatic imine (C=N–C) groups is 1.